The Kier molecular flexibility index (Phi) is 4.56. The van der Waals surface area contributed by atoms with Gasteiger partial charge in [0, 0.05) is 12.1 Å². The van der Waals surface area contributed by atoms with Crippen LogP contribution in [0.2, 0.25) is 0 Å². The zero-order valence-electron chi connectivity index (χ0n) is 13.7. The van der Waals surface area contributed by atoms with Crippen molar-refractivity contribution in [2.45, 2.75) is 20.4 Å². The van der Waals surface area contributed by atoms with Gasteiger partial charge < -0.3 is 0 Å². The van der Waals surface area contributed by atoms with Gasteiger partial charge in [0.25, 0.3) is 0 Å². The van der Waals surface area contributed by atoms with Crippen LogP contribution in [0, 0.1) is 6.92 Å². The molecule has 0 aliphatic carbocycles. The molecule has 0 bridgehead atoms. The van der Waals surface area contributed by atoms with E-state index in [0.717, 1.165) is 16.8 Å². The predicted molar refractivity (Wildman–Crippen MR) is 95.8 cm³/mol. The predicted octanol–water partition coefficient (Wildman–Crippen LogP) is 3.07. The Morgan fingerprint density at radius 2 is 1.67 bits per heavy atom. The molecule has 0 saturated carbocycles. The summed E-state index contributed by atoms with van der Waals surface area (Å²) in [6.07, 6.45) is 0. The lowest BCUT2D eigenvalue weighted by Gasteiger charge is -2.14. The molecule has 0 spiro atoms. The number of hydrazine groups is 1. The summed E-state index contributed by atoms with van der Waals surface area (Å²) in [4.78, 5) is 20.9. The second kappa shape index (κ2) is 6.95. The lowest BCUT2D eigenvalue weighted by Crippen LogP contribution is -2.28. The van der Waals surface area contributed by atoms with Crippen LogP contribution in [0.25, 0.3) is 11.4 Å². The van der Waals surface area contributed by atoms with Crippen molar-refractivity contribution in [2.24, 2.45) is 0 Å². The molecule has 2 N–H and O–H groups in total. The largest absolute Gasteiger partial charge is 0.352 e. The molecule has 1 aromatic heterocycles. The van der Waals surface area contributed by atoms with E-state index in [1.165, 1.54) is 0 Å². The number of aromatic nitrogens is 3. The molecule has 24 heavy (non-hydrogen) atoms. The molecule has 0 radical (unpaired) electrons. The third kappa shape index (κ3) is 3.27. The van der Waals surface area contributed by atoms with E-state index >= 15 is 0 Å². The summed E-state index contributed by atoms with van der Waals surface area (Å²) in [6.45, 7) is 4.41. The first-order valence-electron chi connectivity index (χ1n) is 7.81. The van der Waals surface area contributed by atoms with Crippen LogP contribution in [0.4, 0.5) is 11.6 Å². The molecule has 2 aromatic carbocycles. The van der Waals surface area contributed by atoms with Crippen LogP contribution in [0.5, 0.6) is 0 Å². The number of rotatable bonds is 5. The molecule has 0 aliphatic heterocycles. The Bertz CT molecular complexity index is 889. The highest BCUT2D eigenvalue weighted by atomic mass is 16.1. The molecule has 6 nitrogen and oxygen atoms in total. The molecule has 3 rings (SSSR count). The highest BCUT2D eigenvalue weighted by molar-refractivity contribution is 5.61. The van der Waals surface area contributed by atoms with Crippen LogP contribution in [0.1, 0.15) is 12.5 Å². The number of anilines is 2. The van der Waals surface area contributed by atoms with Crippen LogP contribution >= 0.6 is 0 Å². The maximum atomic E-state index is 12.3. The lowest BCUT2D eigenvalue weighted by molar-refractivity contribution is 0.687. The van der Waals surface area contributed by atoms with Gasteiger partial charge in [-0.1, -0.05) is 42.5 Å². The molecule has 0 unspecified atom stereocenters. The Balaban J connectivity index is 1.98. The third-order valence-electron chi connectivity index (χ3n) is 3.69. The van der Waals surface area contributed by atoms with E-state index in [1.807, 2.05) is 68.4 Å². The maximum absolute atomic E-state index is 12.3. The lowest BCUT2D eigenvalue weighted by atomic mass is 10.1. The van der Waals surface area contributed by atoms with Gasteiger partial charge >= 0.3 is 5.69 Å². The molecule has 122 valence electrons. The van der Waals surface area contributed by atoms with Crippen molar-refractivity contribution in [2.75, 3.05) is 10.9 Å². The van der Waals surface area contributed by atoms with Crippen molar-refractivity contribution < 1.29 is 0 Å². The third-order valence-corrected chi connectivity index (χ3v) is 3.69. The van der Waals surface area contributed by atoms with Crippen LogP contribution in [0.3, 0.4) is 0 Å². The van der Waals surface area contributed by atoms with Crippen molar-refractivity contribution in [1.29, 1.82) is 0 Å². The average molecular weight is 321 g/mol. The number of benzene rings is 2. The van der Waals surface area contributed by atoms with Crippen LogP contribution in [-0.2, 0) is 6.54 Å². The number of nitrogens with zero attached hydrogens (tertiary/aromatic N) is 3. The summed E-state index contributed by atoms with van der Waals surface area (Å²) in [5.74, 6) is 0.847. The van der Waals surface area contributed by atoms with Crippen molar-refractivity contribution >= 4 is 11.6 Å². The van der Waals surface area contributed by atoms with Crippen molar-refractivity contribution in [3.63, 3.8) is 0 Å². The van der Waals surface area contributed by atoms with Gasteiger partial charge in [-0.3, -0.25) is 15.4 Å². The van der Waals surface area contributed by atoms with E-state index in [2.05, 4.69) is 20.8 Å². The average Bonchev–Trinajstić information content (AvgIpc) is 2.61. The van der Waals surface area contributed by atoms with Crippen molar-refractivity contribution in [3.8, 4) is 11.4 Å². The van der Waals surface area contributed by atoms with Crippen molar-refractivity contribution in [3.05, 3.63) is 70.6 Å². The summed E-state index contributed by atoms with van der Waals surface area (Å²) < 4.78 is 1.57. The van der Waals surface area contributed by atoms with Gasteiger partial charge in [-0.2, -0.15) is 9.97 Å². The molecule has 0 amide bonds. The molecule has 0 atom stereocenters. The van der Waals surface area contributed by atoms with Crippen LogP contribution in [-0.4, -0.2) is 14.5 Å². The number of aryl methyl sites for hydroxylation is 1. The highest BCUT2D eigenvalue weighted by Gasteiger charge is 2.12. The number of hydrogen-bond donors (Lipinski definition) is 2. The summed E-state index contributed by atoms with van der Waals surface area (Å²) in [7, 11) is 0. The first-order valence-corrected chi connectivity index (χ1v) is 7.81. The molecule has 0 saturated heterocycles. The van der Waals surface area contributed by atoms with Gasteiger partial charge in [0.05, 0.1) is 5.69 Å². The fourth-order valence-corrected chi connectivity index (χ4v) is 2.45. The molecule has 6 heteroatoms. The van der Waals surface area contributed by atoms with E-state index in [9.17, 15) is 4.79 Å². The number of para-hydroxylation sites is 1. The Morgan fingerprint density at radius 3 is 2.38 bits per heavy atom. The number of nitrogens with one attached hydrogen (secondary N) is 2. The molecule has 1 heterocycles. The van der Waals surface area contributed by atoms with Gasteiger partial charge in [0.15, 0.2) is 0 Å². The second-order valence-electron chi connectivity index (χ2n) is 5.33. The molecule has 0 aliphatic rings. The smallest absolute Gasteiger partial charge is 0.298 e. The highest BCUT2D eigenvalue weighted by Crippen LogP contribution is 2.20. The van der Waals surface area contributed by atoms with Gasteiger partial charge in [0.2, 0.25) is 5.95 Å². The Labute approximate surface area is 140 Å². The zero-order valence-corrected chi connectivity index (χ0v) is 13.7. The fourth-order valence-electron chi connectivity index (χ4n) is 2.45. The summed E-state index contributed by atoms with van der Waals surface area (Å²) in [5.41, 5.74) is 8.40. The van der Waals surface area contributed by atoms with Gasteiger partial charge in [-0.15, -0.1) is 0 Å². The number of hydrogen-bond acceptors (Lipinski definition) is 5. The monoisotopic (exact) mass is 321 g/mol. The quantitative estimate of drug-likeness (QED) is 0.707. The Hall–Kier alpha value is -3.15. The second-order valence-corrected chi connectivity index (χ2v) is 5.33. The van der Waals surface area contributed by atoms with Crippen LogP contribution < -0.4 is 16.5 Å². The van der Waals surface area contributed by atoms with E-state index in [-0.39, 0.29) is 11.6 Å². The first kappa shape index (κ1) is 15.7. The van der Waals surface area contributed by atoms with Gasteiger partial charge in [-0.05, 0) is 31.5 Å². The maximum Gasteiger partial charge on any atom is 0.352 e. The summed E-state index contributed by atoms with van der Waals surface area (Å²) in [6, 6.07) is 17.4. The molecular formula is C18H19N5O. The SMILES string of the molecule is CCn1c(-c2ccccc2C)nc(NNc2ccccc2)nc1=O. The summed E-state index contributed by atoms with van der Waals surface area (Å²) >= 11 is 0. The zero-order chi connectivity index (χ0) is 16.9. The standard InChI is InChI=1S/C18H19N5O/c1-3-23-16(15-12-8-7-9-13(15)2)19-17(20-18(23)24)22-21-14-10-5-4-6-11-14/h4-12,21H,3H2,1-2H3,(H,20,22,24). The first-order chi connectivity index (χ1) is 11.7. The minimum Gasteiger partial charge on any atom is -0.298 e. The molecule has 0 fully saturated rings. The summed E-state index contributed by atoms with van der Waals surface area (Å²) in [5, 5.41) is 0. The van der Waals surface area contributed by atoms with Crippen molar-refractivity contribution in [1.82, 2.24) is 14.5 Å². The topological polar surface area (TPSA) is 71.8 Å². The van der Waals surface area contributed by atoms with E-state index < -0.39 is 0 Å². The van der Waals surface area contributed by atoms with Gasteiger partial charge in [-0.25, -0.2) is 4.79 Å². The van der Waals surface area contributed by atoms with Crippen LogP contribution in [0.15, 0.2) is 59.4 Å². The fraction of sp³-hybridized carbons (Fsp3) is 0.167. The normalized spacial score (nSPS) is 10.4. The van der Waals surface area contributed by atoms with E-state index in [1.54, 1.807) is 4.57 Å². The molecular weight excluding hydrogens is 302 g/mol. The van der Waals surface area contributed by atoms with E-state index in [0.29, 0.717) is 12.4 Å². The minimum absolute atomic E-state index is 0.242. The van der Waals surface area contributed by atoms with E-state index in [4.69, 9.17) is 0 Å². The van der Waals surface area contributed by atoms with Gasteiger partial charge in [0.1, 0.15) is 5.82 Å². The Morgan fingerprint density at radius 1 is 0.958 bits per heavy atom. The molecule has 3 aromatic rings. The minimum atomic E-state index is -0.330.